The minimum Gasteiger partial charge on any atom is -0.496 e. The van der Waals surface area contributed by atoms with Crippen molar-refractivity contribution in [1.82, 2.24) is 20.2 Å². The van der Waals surface area contributed by atoms with Gasteiger partial charge in [0.05, 0.1) is 12.7 Å². The monoisotopic (exact) mass is 261 g/mol. The summed E-state index contributed by atoms with van der Waals surface area (Å²) in [5.74, 6) is 1.36. The summed E-state index contributed by atoms with van der Waals surface area (Å²) in [6.07, 6.45) is 0. The summed E-state index contributed by atoms with van der Waals surface area (Å²) >= 11 is 0. The number of hydrogen-bond donors (Lipinski definition) is 1. The van der Waals surface area contributed by atoms with E-state index in [0.29, 0.717) is 17.3 Å². The lowest BCUT2D eigenvalue weighted by molar-refractivity contribution is 0.323. The zero-order chi connectivity index (χ0) is 14.0. The number of anilines is 1. The molecule has 0 aliphatic rings. The molecule has 0 aliphatic carbocycles. The maximum Gasteiger partial charge on any atom is 0.185 e. The fourth-order valence-corrected chi connectivity index (χ4v) is 1.85. The van der Waals surface area contributed by atoms with E-state index in [1.165, 1.54) is 0 Å². The van der Waals surface area contributed by atoms with Gasteiger partial charge in [-0.3, -0.25) is 0 Å². The Balaban J connectivity index is 2.45. The van der Waals surface area contributed by atoms with Crippen molar-refractivity contribution in [2.45, 2.75) is 27.3 Å². The topological polar surface area (TPSA) is 78.8 Å². The highest BCUT2D eigenvalue weighted by molar-refractivity contribution is 5.67. The molecule has 0 spiro atoms. The summed E-state index contributed by atoms with van der Waals surface area (Å²) < 4.78 is 7.13. The molecule has 0 unspecified atom stereocenters. The second-order valence-electron chi connectivity index (χ2n) is 5.68. The Labute approximate surface area is 112 Å². The van der Waals surface area contributed by atoms with Gasteiger partial charge in [0.15, 0.2) is 5.82 Å². The summed E-state index contributed by atoms with van der Waals surface area (Å²) in [5, 5.41) is 11.9. The lowest BCUT2D eigenvalue weighted by Crippen LogP contribution is -2.17. The molecule has 0 fully saturated rings. The first-order valence-corrected chi connectivity index (χ1v) is 6.11. The summed E-state index contributed by atoms with van der Waals surface area (Å²) in [7, 11) is 1.61. The third kappa shape index (κ3) is 3.01. The zero-order valence-electron chi connectivity index (χ0n) is 11.7. The number of nitrogen functional groups attached to an aromatic ring is 1. The molecule has 2 N–H and O–H groups in total. The minimum atomic E-state index is 0.0885. The molecular weight excluding hydrogens is 242 g/mol. The molecule has 0 saturated heterocycles. The van der Waals surface area contributed by atoms with Gasteiger partial charge in [-0.25, -0.2) is 4.68 Å². The number of nitrogens with two attached hydrogens (primary N) is 1. The average Bonchev–Trinajstić information content (AvgIpc) is 2.74. The van der Waals surface area contributed by atoms with E-state index >= 15 is 0 Å². The number of tetrazole rings is 1. The highest BCUT2D eigenvalue weighted by Gasteiger charge is 2.19. The van der Waals surface area contributed by atoms with Crippen molar-refractivity contribution < 1.29 is 4.74 Å². The average molecular weight is 261 g/mol. The second-order valence-corrected chi connectivity index (χ2v) is 5.68. The van der Waals surface area contributed by atoms with Crippen LogP contribution in [0, 0.1) is 5.41 Å². The summed E-state index contributed by atoms with van der Waals surface area (Å²) in [5.41, 5.74) is 7.33. The van der Waals surface area contributed by atoms with Gasteiger partial charge in [-0.1, -0.05) is 20.8 Å². The summed E-state index contributed by atoms with van der Waals surface area (Å²) in [6.45, 7) is 7.14. The second kappa shape index (κ2) is 4.87. The number of methoxy groups -OCH3 is 1. The smallest absolute Gasteiger partial charge is 0.185 e. The first kappa shape index (κ1) is 13.3. The van der Waals surface area contributed by atoms with Crippen molar-refractivity contribution >= 4 is 5.69 Å². The van der Waals surface area contributed by atoms with Crippen molar-refractivity contribution in [2.24, 2.45) is 5.41 Å². The Morgan fingerprint density at radius 1 is 1.32 bits per heavy atom. The predicted molar refractivity (Wildman–Crippen MR) is 73.7 cm³/mol. The number of benzene rings is 1. The van der Waals surface area contributed by atoms with Crippen LogP contribution in [-0.2, 0) is 6.54 Å². The van der Waals surface area contributed by atoms with Gasteiger partial charge in [-0.05, 0) is 28.0 Å². The van der Waals surface area contributed by atoms with Gasteiger partial charge >= 0.3 is 0 Å². The molecule has 0 aliphatic heterocycles. The molecule has 0 amide bonds. The molecule has 0 radical (unpaired) electrons. The lowest BCUT2D eigenvalue weighted by atomic mass is 9.97. The van der Waals surface area contributed by atoms with Crippen LogP contribution in [0.2, 0.25) is 0 Å². The van der Waals surface area contributed by atoms with Gasteiger partial charge in [-0.2, -0.15) is 0 Å². The Bertz CT molecular complexity index is 571. The van der Waals surface area contributed by atoms with E-state index in [0.717, 1.165) is 12.1 Å². The number of rotatable bonds is 3. The standard InChI is InChI=1S/C13H19N5O/c1-13(2,3)8-18-12(15-16-17-18)10-6-5-9(14)7-11(10)19-4/h5-7H,8,14H2,1-4H3. The van der Waals surface area contributed by atoms with Crippen molar-refractivity contribution in [1.29, 1.82) is 0 Å². The molecule has 1 aromatic heterocycles. The number of ether oxygens (including phenoxy) is 1. The fraction of sp³-hybridized carbons (Fsp3) is 0.462. The van der Waals surface area contributed by atoms with Crippen LogP contribution >= 0.6 is 0 Å². The number of aromatic nitrogens is 4. The highest BCUT2D eigenvalue weighted by Crippen LogP contribution is 2.30. The van der Waals surface area contributed by atoms with E-state index < -0.39 is 0 Å². The molecule has 6 heteroatoms. The molecule has 2 aromatic rings. The van der Waals surface area contributed by atoms with E-state index in [2.05, 4.69) is 36.3 Å². The SMILES string of the molecule is COc1cc(N)ccc1-c1nnnn1CC(C)(C)C. The van der Waals surface area contributed by atoms with Crippen LogP contribution in [0.5, 0.6) is 5.75 Å². The molecule has 6 nitrogen and oxygen atoms in total. The van der Waals surface area contributed by atoms with E-state index in [4.69, 9.17) is 10.5 Å². The maximum atomic E-state index is 5.76. The van der Waals surface area contributed by atoms with Crippen LogP contribution < -0.4 is 10.5 Å². The van der Waals surface area contributed by atoms with Gasteiger partial charge < -0.3 is 10.5 Å². The van der Waals surface area contributed by atoms with Crippen LogP contribution in [0.15, 0.2) is 18.2 Å². The normalized spacial score (nSPS) is 11.6. The van der Waals surface area contributed by atoms with Crippen LogP contribution in [0.4, 0.5) is 5.69 Å². The lowest BCUT2D eigenvalue weighted by Gasteiger charge is -2.18. The summed E-state index contributed by atoms with van der Waals surface area (Å²) in [4.78, 5) is 0. The highest BCUT2D eigenvalue weighted by atomic mass is 16.5. The van der Waals surface area contributed by atoms with Gasteiger partial charge in [0.2, 0.25) is 0 Å². The van der Waals surface area contributed by atoms with Crippen molar-refractivity contribution in [3.63, 3.8) is 0 Å². The molecule has 1 heterocycles. The largest absolute Gasteiger partial charge is 0.496 e. The van der Waals surface area contributed by atoms with Crippen molar-refractivity contribution in [2.75, 3.05) is 12.8 Å². The molecule has 102 valence electrons. The number of nitrogens with zero attached hydrogens (tertiary/aromatic N) is 4. The molecule has 2 rings (SSSR count). The Hall–Kier alpha value is -2.11. The van der Waals surface area contributed by atoms with Crippen LogP contribution in [0.25, 0.3) is 11.4 Å². The third-order valence-corrected chi connectivity index (χ3v) is 2.62. The van der Waals surface area contributed by atoms with Gasteiger partial charge in [-0.15, -0.1) is 5.10 Å². The third-order valence-electron chi connectivity index (χ3n) is 2.62. The van der Waals surface area contributed by atoms with Gasteiger partial charge in [0, 0.05) is 18.3 Å². The zero-order valence-corrected chi connectivity index (χ0v) is 11.7. The maximum absolute atomic E-state index is 5.76. The Kier molecular flexibility index (Phi) is 3.42. The van der Waals surface area contributed by atoms with E-state index in [9.17, 15) is 0 Å². The quantitative estimate of drug-likeness (QED) is 0.855. The van der Waals surface area contributed by atoms with E-state index in [-0.39, 0.29) is 5.41 Å². The number of hydrogen-bond acceptors (Lipinski definition) is 5. The molecular formula is C13H19N5O. The predicted octanol–water partition coefficient (Wildman–Crippen LogP) is 1.98. The first-order valence-electron chi connectivity index (χ1n) is 6.11. The fourth-order valence-electron chi connectivity index (χ4n) is 1.85. The summed E-state index contributed by atoms with van der Waals surface area (Å²) in [6, 6.07) is 5.46. The Morgan fingerprint density at radius 2 is 2.05 bits per heavy atom. The van der Waals surface area contributed by atoms with E-state index in [1.54, 1.807) is 17.9 Å². The Morgan fingerprint density at radius 3 is 2.68 bits per heavy atom. The molecule has 0 saturated carbocycles. The van der Waals surface area contributed by atoms with Crippen LogP contribution in [0.3, 0.4) is 0 Å². The van der Waals surface area contributed by atoms with E-state index in [1.807, 2.05) is 12.1 Å². The first-order chi connectivity index (χ1) is 8.90. The minimum absolute atomic E-state index is 0.0885. The molecule has 0 atom stereocenters. The molecule has 1 aromatic carbocycles. The molecule has 19 heavy (non-hydrogen) atoms. The van der Waals surface area contributed by atoms with Crippen LogP contribution in [-0.4, -0.2) is 27.3 Å². The van der Waals surface area contributed by atoms with Gasteiger partial charge in [0.25, 0.3) is 0 Å². The van der Waals surface area contributed by atoms with Gasteiger partial charge in [0.1, 0.15) is 5.75 Å². The van der Waals surface area contributed by atoms with Crippen molar-refractivity contribution in [3.8, 4) is 17.1 Å². The van der Waals surface area contributed by atoms with Crippen LogP contribution in [0.1, 0.15) is 20.8 Å². The molecule has 0 bridgehead atoms. The van der Waals surface area contributed by atoms with Crippen molar-refractivity contribution in [3.05, 3.63) is 18.2 Å².